The van der Waals surface area contributed by atoms with Gasteiger partial charge in [-0.25, -0.2) is 0 Å². The third kappa shape index (κ3) is 4.26. The molecule has 1 aliphatic rings. The first-order chi connectivity index (χ1) is 12.7. The molecular formula is C20H23NO5. The number of methoxy groups -OCH3 is 1. The summed E-state index contributed by atoms with van der Waals surface area (Å²) < 4.78 is 22.0. The number of ether oxygens (including phenoxy) is 4. The fourth-order valence-electron chi connectivity index (χ4n) is 2.68. The largest absolute Gasteiger partial charge is 0.496 e. The van der Waals surface area contributed by atoms with E-state index in [-0.39, 0.29) is 5.91 Å². The first kappa shape index (κ1) is 18.1. The summed E-state index contributed by atoms with van der Waals surface area (Å²) in [6, 6.07) is 10.7. The number of hydrogen-bond acceptors (Lipinski definition) is 5. The van der Waals surface area contributed by atoms with E-state index in [1.807, 2.05) is 0 Å². The van der Waals surface area contributed by atoms with Crippen LogP contribution in [0.1, 0.15) is 29.3 Å². The van der Waals surface area contributed by atoms with Gasteiger partial charge in [0, 0.05) is 29.5 Å². The van der Waals surface area contributed by atoms with Gasteiger partial charge in [-0.1, -0.05) is 6.92 Å². The van der Waals surface area contributed by atoms with Crippen molar-refractivity contribution in [3.05, 3.63) is 47.5 Å². The Bertz CT molecular complexity index is 775. The number of benzene rings is 2. The average molecular weight is 357 g/mol. The molecule has 138 valence electrons. The topological polar surface area (TPSA) is 66.0 Å². The molecule has 26 heavy (non-hydrogen) atoms. The van der Waals surface area contributed by atoms with Gasteiger partial charge in [0.15, 0.2) is 11.5 Å². The van der Waals surface area contributed by atoms with E-state index in [9.17, 15) is 4.79 Å². The first-order valence-corrected chi connectivity index (χ1v) is 8.67. The van der Waals surface area contributed by atoms with Crippen molar-refractivity contribution in [2.24, 2.45) is 0 Å². The monoisotopic (exact) mass is 357 g/mol. The van der Waals surface area contributed by atoms with E-state index in [2.05, 4.69) is 12.2 Å². The lowest BCUT2D eigenvalue weighted by Gasteiger charge is -2.19. The molecule has 0 atom stereocenters. The zero-order chi connectivity index (χ0) is 18.4. The highest BCUT2D eigenvalue weighted by atomic mass is 16.6. The predicted molar refractivity (Wildman–Crippen MR) is 98.3 cm³/mol. The number of carbonyl (C=O) groups excluding carboxylic acids is 1. The van der Waals surface area contributed by atoms with Crippen LogP contribution in [0.5, 0.6) is 17.2 Å². The number of carbonyl (C=O) groups is 1. The molecule has 0 spiro atoms. The normalized spacial score (nSPS) is 12.5. The summed E-state index contributed by atoms with van der Waals surface area (Å²) >= 11 is 0. The molecule has 6 nitrogen and oxygen atoms in total. The van der Waals surface area contributed by atoms with Crippen LogP contribution in [0.3, 0.4) is 0 Å². The summed E-state index contributed by atoms with van der Waals surface area (Å²) in [5.41, 5.74) is 2.03. The molecule has 1 aliphatic heterocycles. The number of rotatable bonds is 7. The molecule has 3 rings (SSSR count). The summed E-state index contributed by atoms with van der Waals surface area (Å²) in [5.74, 6) is 1.82. The van der Waals surface area contributed by atoms with Gasteiger partial charge in [0.25, 0.3) is 5.91 Å². The molecule has 0 aliphatic carbocycles. The summed E-state index contributed by atoms with van der Waals surface area (Å²) in [7, 11) is 1.60. The smallest absolute Gasteiger partial charge is 0.255 e. The zero-order valence-corrected chi connectivity index (χ0v) is 15.0. The quantitative estimate of drug-likeness (QED) is 0.766. The van der Waals surface area contributed by atoms with Gasteiger partial charge in [-0.2, -0.15) is 0 Å². The fourth-order valence-corrected chi connectivity index (χ4v) is 2.68. The van der Waals surface area contributed by atoms with Crippen molar-refractivity contribution in [2.75, 3.05) is 32.2 Å². The summed E-state index contributed by atoms with van der Waals surface area (Å²) in [6.45, 7) is 4.16. The van der Waals surface area contributed by atoms with Crippen molar-refractivity contribution in [3.63, 3.8) is 0 Å². The van der Waals surface area contributed by atoms with E-state index < -0.39 is 0 Å². The highest BCUT2D eigenvalue weighted by Crippen LogP contribution is 2.32. The molecular weight excluding hydrogens is 334 g/mol. The second kappa shape index (κ2) is 8.58. The Balaban J connectivity index is 1.73. The Morgan fingerprint density at radius 3 is 2.69 bits per heavy atom. The average Bonchev–Trinajstić information content (AvgIpc) is 2.68. The molecule has 0 fully saturated rings. The van der Waals surface area contributed by atoms with E-state index in [1.54, 1.807) is 43.5 Å². The van der Waals surface area contributed by atoms with Crippen molar-refractivity contribution in [3.8, 4) is 17.2 Å². The van der Waals surface area contributed by atoms with Gasteiger partial charge < -0.3 is 24.3 Å². The maximum Gasteiger partial charge on any atom is 0.255 e. The zero-order valence-electron chi connectivity index (χ0n) is 15.0. The molecule has 1 N–H and O–H groups in total. The van der Waals surface area contributed by atoms with E-state index in [0.29, 0.717) is 54.9 Å². The maximum atomic E-state index is 12.6. The molecule has 0 saturated carbocycles. The molecule has 1 heterocycles. The summed E-state index contributed by atoms with van der Waals surface area (Å²) in [4.78, 5) is 12.6. The molecule has 0 unspecified atom stereocenters. The van der Waals surface area contributed by atoms with E-state index in [1.165, 1.54) is 0 Å². The minimum Gasteiger partial charge on any atom is -0.496 e. The molecule has 0 saturated heterocycles. The number of hydrogen-bond donors (Lipinski definition) is 1. The van der Waals surface area contributed by atoms with Crippen LogP contribution >= 0.6 is 0 Å². The number of fused-ring (bicyclic) bond motifs is 1. The highest BCUT2D eigenvalue weighted by Gasteiger charge is 2.14. The maximum absolute atomic E-state index is 12.6. The molecule has 2 aromatic carbocycles. The third-order valence-corrected chi connectivity index (χ3v) is 3.95. The van der Waals surface area contributed by atoms with E-state index >= 15 is 0 Å². The van der Waals surface area contributed by atoms with Crippen LogP contribution in [-0.2, 0) is 11.3 Å². The van der Waals surface area contributed by atoms with Crippen LogP contribution in [0.25, 0.3) is 0 Å². The molecule has 0 aromatic heterocycles. The summed E-state index contributed by atoms with van der Waals surface area (Å²) in [5, 5.41) is 2.88. The van der Waals surface area contributed by atoms with Gasteiger partial charge in [-0.3, -0.25) is 4.79 Å². The van der Waals surface area contributed by atoms with Crippen LogP contribution in [0.15, 0.2) is 36.4 Å². The first-order valence-electron chi connectivity index (χ1n) is 8.67. The molecule has 2 aromatic rings. The standard InChI is InChI=1S/C20H23NO5/c1-3-8-24-13-15-11-14(4-6-17(15)23-2)20(22)21-16-5-7-18-19(12-16)26-10-9-25-18/h4-7,11-12H,3,8-10,13H2,1-2H3,(H,21,22). The SMILES string of the molecule is CCCOCc1cc(C(=O)Nc2ccc3c(c2)OCCO3)ccc1OC. The van der Waals surface area contributed by atoms with Crippen LogP contribution < -0.4 is 19.5 Å². The Hall–Kier alpha value is -2.73. The minimum atomic E-state index is -0.207. The van der Waals surface area contributed by atoms with Crippen molar-refractivity contribution >= 4 is 11.6 Å². The Morgan fingerprint density at radius 2 is 1.92 bits per heavy atom. The number of nitrogens with one attached hydrogen (secondary N) is 1. The van der Waals surface area contributed by atoms with Crippen LogP contribution in [-0.4, -0.2) is 32.8 Å². The fraction of sp³-hybridized carbons (Fsp3) is 0.350. The van der Waals surface area contributed by atoms with Crippen LogP contribution in [0.4, 0.5) is 5.69 Å². The lowest BCUT2D eigenvalue weighted by atomic mass is 10.1. The van der Waals surface area contributed by atoms with Crippen LogP contribution in [0, 0.1) is 0 Å². The van der Waals surface area contributed by atoms with Crippen molar-refractivity contribution in [1.82, 2.24) is 0 Å². The molecule has 6 heteroatoms. The highest BCUT2D eigenvalue weighted by molar-refractivity contribution is 6.04. The van der Waals surface area contributed by atoms with E-state index in [4.69, 9.17) is 18.9 Å². The van der Waals surface area contributed by atoms with Gasteiger partial charge in [-0.05, 0) is 36.8 Å². The van der Waals surface area contributed by atoms with Gasteiger partial charge >= 0.3 is 0 Å². The third-order valence-electron chi connectivity index (χ3n) is 3.95. The van der Waals surface area contributed by atoms with Crippen molar-refractivity contribution in [2.45, 2.75) is 20.0 Å². The number of amides is 1. The minimum absolute atomic E-state index is 0.207. The molecule has 1 amide bonds. The van der Waals surface area contributed by atoms with Gasteiger partial charge in [0.2, 0.25) is 0 Å². The summed E-state index contributed by atoms with van der Waals surface area (Å²) in [6.07, 6.45) is 0.937. The van der Waals surface area contributed by atoms with Gasteiger partial charge in [0.05, 0.1) is 13.7 Å². The Labute approximate surface area is 153 Å². The molecule has 0 bridgehead atoms. The lowest BCUT2D eigenvalue weighted by molar-refractivity contribution is 0.102. The Kier molecular flexibility index (Phi) is 5.96. The second-order valence-corrected chi connectivity index (χ2v) is 5.89. The van der Waals surface area contributed by atoms with Crippen LogP contribution in [0.2, 0.25) is 0 Å². The number of anilines is 1. The van der Waals surface area contributed by atoms with Gasteiger partial charge in [-0.15, -0.1) is 0 Å². The van der Waals surface area contributed by atoms with Crippen molar-refractivity contribution < 1.29 is 23.7 Å². The second-order valence-electron chi connectivity index (χ2n) is 5.89. The van der Waals surface area contributed by atoms with Gasteiger partial charge in [0.1, 0.15) is 19.0 Å². The van der Waals surface area contributed by atoms with E-state index in [0.717, 1.165) is 12.0 Å². The lowest BCUT2D eigenvalue weighted by Crippen LogP contribution is -2.16. The predicted octanol–water partition coefficient (Wildman–Crippen LogP) is 3.65. The molecule has 0 radical (unpaired) electrons. The Morgan fingerprint density at radius 1 is 1.12 bits per heavy atom. The van der Waals surface area contributed by atoms with Crippen molar-refractivity contribution in [1.29, 1.82) is 0 Å².